The number of fused-ring (bicyclic) bond motifs is 1. The third-order valence-electron chi connectivity index (χ3n) is 7.40. The first-order chi connectivity index (χ1) is 18.6. The molecule has 0 fully saturated rings. The number of nitrogens with two attached hydrogens (primary N) is 1. The number of halogens is 1. The third kappa shape index (κ3) is 3.32. The second kappa shape index (κ2) is 9.20. The monoisotopic (exact) mass is 497 g/mol. The molecular weight excluding hydrogens is 473 g/mol. The van der Waals surface area contributed by atoms with Gasteiger partial charge in [0, 0.05) is 11.1 Å². The molecule has 0 aromatic heterocycles. The average Bonchev–Trinajstić information content (AvgIpc) is 3.36. The van der Waals surface area contributed by atoms with Gasteiger partial charge in [-0.25, -0.2) is 4.39 Å². The normalized spacial score (nSPS) is 16.2. The summed E-state index contributed by atoms with van der Waals surface area (Å²) >= 11 is 0. The number of primary amides is 1. The summed E-state index contributed by atoms with van der Waals surface area (Å²) in [4.78, 5) is 12.9. The van der Waals surface area contributed by atoms with E-state index in [1.165, 1.54) is 12.1 Å². The molecule has 0 spiro atoms. The van der Waals surface area contributed by atoms with Gasteiger partial charge >= 0.3 is 0 Å². The Morgan fingerprint density at radius 2 is 1.16 bits per heavy atom. The fourth-order valence-corrected chi connectivity index (χ4v) is 5.95. The van der Waals surface area contributed by atoms with E-state index in [9.17, 15) is 9.18 Å². The molecule has 4 nitrogen and oxygen atoms in total. The molecule has 0 saturated carbocycles. The standard InChI is InChI=1S/C33H24FN3O/c34-27-21-19-26(20-22-27)33(30-28(31(35)38)17-10-18-29(30)36-37-33)32(23-11-4-1-5-12-23,24-13-6-2-7-14-24)25-15-8-3-9-16-25/h1-22H,(H2,35,38). The lowest BCUT2D eigenvalue weighted by atomic mass is 9.53. The Morgan fingerprint density at radius 3 is 1.63 bits per heavy atom. The first kappa shape index (κ1) is 23.5. The smallest absolute Gasteiger partial charge is 0.249 e. The molecule has 5 aromatic rings. The van der Waals surface area contributed by atoms with Gasteiger partial charge in [-0.05, 0) is 46.5 Å². The summed E-state index contributed by atoms with van der Waals surface area (Å²) in [6.07, 6.45) is 0. The van der Waals surface area contributed by atoms with Crippen molar-refractivity contribution in [1.82, 2.24) is 0 Å². The van der Waals surface area contributed by atoms with Gasteiger partial charge in [-0.3, -0.25) is 4.79 Å². The molecule has 0 radical (unpaired) electrons. The molecular formula is C33H24FN3O. The van der Waals surface area contributed by atoms with E-state index < -0.39 is 16.9 Å². The van der Waals surface area contributed by atoms with E-state index in [-0.39, 0.29) is 5.82 Å². The summed E-state index contributed by atoms with van der Waals surface area (Å²) in [7, 11) is 0. The number of nitrogens with zero attached hydrogens (tertiary/aromatic N) is 2. The van der Waals surface area contributed by atoms with Crippen LogP contribution in [0.2, 0.25) is 0 Å². The largest absolute Gasteiger partial charge is 0.366 e. The molecule has 2 N–H and O–H groups in total. The topological polar surface area (TPSA) is 67.8 Å². The Kier molecular flexibility index (Phi) is 5.69. The summed E-state index contributed by atoms with van der Waals surface area (Å²) in [5.41, 5.74) is 8.64. The maximum absolute atomic E-state index is 14.3. The van der Waals surface area contributed by atoms with Crippen LogP contribution in [-0.2, 0) is 11.0 Å². The molecule has 0 bridgehead atoms. The van der Waals surface area contributed by atoms with Gasteiger partial charge in [0.2, 0.25) is 5.91 Å². The molecule has 1 aliphatic heterocycles. The molecule has 1 amide bonds. The van der Waals surface area contributed by atoms with Crippen LogP contribution in [-0.4, -0.2) is 5.91 Å². The highest BCUT2D eigenvalue weighted by Crippen LogP contribution is 2.62. The van der Waals surface area contributed by atoms with Crippen molar-refractivity contribution in [2.45, 2.75) is 11.0 Å². The number of hydrogen-bond acceptors (Lipinski definition) is 3. The third-order valence-corrected chi connectivity index (χ3v) is 7.40. The Morgan fingerprint density at radius 1 is 0.658 bits per heavy atom. The Hall–Kier alpha value is -4.90. The van der Waals surface area contributed by atoms with Crippen molar-refractivity contribution in [2.24, 2.45) is 16.0 Å². The molecule has 6 rings (SSSR count). The van der Waals surface area contributed by atoms with E-state index in [4.69, 9.17) is 10.8 Å². The van der Waals surface area contributed by atoms with Gasteiger partial charge in [0.25, 0.3) is 0 Å². The lowest BCUT2D eigenvalue weighted by molar-refractivity contribution is 0.0997. The number of amides is 1. The quantitative estimate of drug-likeness (QED) is 0.246. The number of benzene rings is 5. The Balaban J connectivity index is 1.89. The molecule has 1 aliphatic rings. The van der Waals surface area contributed by atoms with Crippen molar-refractivity contribution in [1.29, 1.82) is 0 Å². The Labute approximate surface area is 220 Å². The maximum atomic E-state index is 14.3. The fourth-order valence-electron chi connectivity index (χ4n) is 5.95. The van der Waals surface area contributed by atoms with Crippen LogP contribution < -0.4 is 5.73 Å². The van der Waals surface area contributed by atoms with E-state index in [1.807, 2.05) is 60.7 Å². The van der Waals surface area contributed by atoms with Gasteiger partial charge in [0.1, 0.15) is 5.82 Å². The zero-order chi connectivity index (χ0) is 26.2. The zero-order valence-electron chi connectivity index (χ0n) is 20.5. The van der Waals surface area contributed by atoms with E-state index >= 15 is 0 Å². The predicted octanol–water partition coefficient (Wildman–Crippen LogP) is 7.30. The van der Waals surface area contributed by atoms with E-state index in [1.54, 1.807) is 24.3 Å². The number of rotatable bonds is 6. The van der Waals surface area contributed by atoms with Gasteiger partial charge < -0.3 is 5.73 Å². The molecule has 1 atom stereocenters. The van der Waals surface area contributed by atoms with Gasteiger partial charge in [-0.1, -0.05) is 109 Å². The summed E-state index contributed by atoms with van der Waals surface area (Å²) in [6, 6.07) is 41.8. The van der Waals surface area contributed by atoms with Crippen LogP contribution in [0.15, 0.2) is 144 Å². The van der Waals surface area contributed by atoms with Crippen molar-refractivity contribution < 1.29 is 9.18 Å². The second-order valence-electron chi connectivity index (χ2n) is 9.33. The first-order valence-corrected chi connectivity index (χ1v) is 12.4. The fraction of sp³-hybridized carbons (Fsp3) is 0.0606. The average molecular weight is 498 g/mol. The second-order valence-corrected chi connectivity index (χ2v) is 9.33. The van der Waals surface area contributed by atoms with Crippen LogP contribution in [0.5, 0.6) is 0 Å². The highest BCUT2D eigenvalue weighted by atomic mass is 19.1. The van der Waals surface area contributed by atoms with Crippen molar-refractivity contribution in [2.75, 3.05) is 0 Å². The van der Waals surface area contributed by atoms with Crippen LogP contribution in [0.1, 0.15) is 38.2 Å². The summed E-state index contributed by atoms with van der Waals surface area (Å²) in [5.74, 6) is -0.948. The summed E-state index contributed by atoms with van der Waals surface area (Å²) in [5, 5.41) is 9.74. The molecule has 1 unspecified atom stereocenters. The van der Waals surface area contributed by atoms with Crippen molar-refractivity contribution in [3.05, 3.63) is 173 Å². The SMILES string of the molecule is NC(=O)c1cccc2c1C(c1ccc(F)cc1)(C(c1ccccc1)(c1ccccc1)c1ccccc1)N=N2. The van der Waals surface area contributed by atoms with Gasteiger partial charge in [0.15, 0.2) is 5.54 Å². The molecule has 0 aliphatic carbocycles. The van der Waals surface area contributed by atoms with Crippen molar-refractivity contribution in [3.8, 4) is 0 Å². The lowest BCUT2D eigenvalue weighted by Crippen LogP contribution is -2.50. The van der Waals surface area contributed by atoms with Crippen LogP contribution in [0.4, 0.5) is 10.1 Å². The molecule has 0 saturated heterocycles. The lowest BCUT2D eigenvalue weighted by Gasteiger charge is -2.48. The molecule has 1 heterocycles. The molecule has 5 heteroatoms. The van der Waals surface area contributed by atoms with Crippen molar-refractivity contribution >= 4 is 11.6 Å². The highest BCUT2D eigenvalue weighted by Gasteiger charge is 2.61. The number of carbonyl (C=O) groups is 1. The molecule has 184 valence electrons. The zero-order valence-corrected chi connectivity index (χ0v) is 20.5. The van der Waals surface area contributed by atoms with Crippen molar-refractivity contribution in [3.63, 3.8) is 0 Å². The summed E-state index contributed by atoms with van der Waals surface area (Å²) in [6.45, 7) is 0. The minimum atomic E-state index is -1.30. The minimum Gasteiger partial charge on any atom is -0.366 e. The van der Waals surface area contributed by atoms with E-state index in [0.29, 0.717) is 22.4 Å². The minimum absolute atomic E-state index is 0.323. The van der Waals surface area contributed by atoms with E-state index in [2.05, 4.69) is 41.5 Å². The highest BCUT2D eigenvalue weighted by molar-refractivity contribution is 5.97. The van der Waals surface area contributed by atoms with E-state index in [0.717, 1.165) is 16.7 Å². The van der Waals surface area contributed by atoms with Crippen LogP contribution >= 0.6 is 0 Å². The van der Waals surface area contributed by atoms with Gasteiger partial charge in [0.05, 0.1) is 11.1 Å². The Bertz CT molecular complexity index is 1540. The van der Waals surface area contributed by atoms with Crippen LogP contribution in [0, 0.1) is 5.82 Å². The van der Waals surface area contributed by atoms with Crippen LogP contribution in [0.3, 0.4) is 0 Å². The number of hydrogen-bond donors (Lipinski definition) is 1. The first-order valence-electron chi connectivity index (χ1n) is 12.4. The number of azo groups is 1. The summed E-state index contributed by atoms with van der Waals surface area (Å²) < 4.78 is 14.3. The predicted molar refractivity (Wildman–Crippen MR) is 146 cm³/mol. The van der Waals surface area contributed by atoms with Gasteiger partial charge in [-0.15, -0.1) is 0 Å². The maximum Gasteiger partial charge on any atom is 0.249 e. The number of carbonyl (C=O) groups excluding carboxylic acids is 1. The molecule has 5 aromatic carbocycles. The molecule has 38 heavy (non-hydrogen) atoms. The van der Waals surface area contributed by atoms with Gasteiger partial charge in [-0.2, -0.15) is 10.2 Å². The van der Waals surface area contributed by atoms with Crippen LogP contribution in [0.25, 0.3) is 0 Å².